The summed E-state index contributed by atoms with van der Waals surface area (Å²) < 4.78 is 0.945. The van der Waals surface area contributed by atoms with E-state index in [-0.39, 0.29) is 11.3 Å². The zero-order valence-corrected chi connectivity index (χ0v) is 11.7. The first kappa shape index (κ1) is 13.2. The van der Waals surface area contributed by atoms with E-state index in [2.05, 4.69) is 26.2 Å². The molecule has 0 aliphatic carbocycles. The number of hydrogen-bond donors (Lipinski definition) is 1. The zero-order chi connectivity index (χ0) is 12.3. The molecule has 0 unspecified atom stereocenters. The van der Waals surface area contributed by atoms with Crippen molar-refractivity contribution < 1.29 is 4.79 Å². The highest BCUT2D eigenvalue weighted by molar-refractivity contribution is 9.10. The predicted molar refractivity (Wildman–Crippen MR) is 69.4 cm³/mol. The number of nitrogens with zero attached hydrogens (tertiary/aromatic N) is 1. The second kappa shape index (κ2) is 4.95. The maximum Gasteiger partial charge on any atom is 0.231 e. The van der Waals surface area contributed by atoms with E-state index < -0.39 is 0 Å². The molecule has 1 aromatic heterocycles. The van der Waals surface area contributed by atoms with Crippen LogP contribution in [0.25, 0.3) is 0 Å². The Morgan fingerprint density at radius 1 is 1.56 bits per heavy atom. The highest BCUT2D eigenvalue weighted by Crippen LogP contribution is 2.23. The van der Waals surface area contributed by atoms with Gasteiger partial charge in [-0.1, -0.05) is 20.8 Å². The Balaban J connectivity index is 2.82. The number of aryl methyl sites for hydroxylation is 1. The Morgan fingerprint density at radius 2 is 2.19 bits per heavy atom. The summed E-state index contributed by atoms with van der Waals surface area (Å²) in [7, 11) is 0. The molecular weight excluding hydrogens is 268 g/mol. The van der Waals surface area contributed by atoms with Gasteiger partial charge >= 0.3 is 0 Å². The molecule has 0 aliphatic heterocycles. The van der Waals surface area contributed by atoms with E-state index in [1.807, 2.05) is 33.8 Å². The summed E-state index contributed by atoms with van der Waals surface area (Å²) >= 11 is 3.37. The van der Waals surface area contributed by atoms with Gasteiger partial charge in [0.15, 0.2) is 0 Å². The average molecular weight is 285 g/mol. The fraction of sp³-hybridized carbons (Fsp3) is 0.500. The van der Waals surface area contributed by atoms with Crippen molar-refractivity contribution in [1.29, 1.82) is 0 Å². The van der Waals surface area contributed by atoms with Crippen molar-refractivity contribution in [3.63, 3.8) is 0 Å². The number of nitrogens with one attached hydrogen (secondary N) is 1. The van der Waals surface area contributed by atoms with Crippen molar-refractivity contribution in [3.05, 3.63) is 22.3 Å². The third-order valence-corrected chi connectivity index (χ3v) is 3.62. The second-order valence-corrected chi connectivity index (χ2v) is 5.36. The maximum atomic E-state index is 11.9. The lowest BCUT2D eigenvalue weighted by atomic mass is 9.89. The van der Waals surface area contributed by atoms with Gasteiger partial charge in [-0.15, -0.1) is 0 Å². The third kappa shape index (κ3) is 3.04. The predicted octanol–water partition coefficient (Wildman–Crippen LogP) is 3.53. The van der Waals surface area contributed by atoms with E-state index in [1.54, 1.807) is 6.20 Å². The van der Waals surface area contributed by atoms with E-state index in [1.165, 1.54) is 0 Å². The molecule has 0 aliphatic rings. The fourth-order valence-electron chi connectivity index (χ4n) is 1.05. The van der Waals surface area contributed by atoms with Gasteiger partial charge in [-0.05, 0) is 40.9 Å². The zero-order valence-electron chi connectivity index (χ0n) is 10.1. The Morgan fingerprint density at radius 3 is 2.69 bits per heavy atom. The minimum atomic E-state index is -0.358. The lowest BCUT2D eigenvalue weighted by Crippen LogP contribution is -2.30. The standard InChI is InChI=1S/C12H17BrN2O/c1-5-12(3,4)11(16)15-10-6-8(2)9(13)7-14-10/h6-7H,5H2,1-4H3,(H,14,15,16). The largest absolute Gasteiger partial charge is 0.310 e. The Kier molecular flexibility index (Phi) is 4.08. The summed E-state index contributed by atoms with van der Waals surface area (Å²) in [5, 5.41) is 2.83. The first-order valence-electron chi connectivity index (χ1n) is 5.30. The second-order valence-electron chi connectivity index (χ2n) is 4.51. The molecule has 16 heavy (non-hydrogen) atoms. The Labute approximate surface area is 105 Å². The lowest BCUT2D eigenvalue weighted by Gasteiger charge is -2.21. The lowest BCUT2D eigenvalue weighted by molar-refractivity contribution is -0.124. The van der Waals surface area contributed by atoms with Crippen LogP contribution in [0.2, 0.25) is 0 Å². The van der Waals surface area contributed by atoms with Crippen LogP contribution in [0.5, 0.6) is 0 Å². The average Bonchev–Trinajstić information content (AvgIpc) is 2.23. The molecule has 1 rings (SSSR count). The molecule has 4 heteroatoms. The van der Waals surface area contributed by atoms with Crippen LogP contribution in [-0.2, 0) is 4.79 Å². The van der Waals surface area contributed by atoms with Crippen LogP contribution in [0.3, 0.4) is 0 Å². The SMILES string of the molecule is CCC(C)(C)C(=O)Nc1cc(C)c(Br)cn1. The number of anilines is 1. The molecule has 0 bridgehead atoms. The number of aromatic nitrogens is 1. The molecule has 0 saturated heterocycles. The van der Waals surface area contributed by atoms with Crippen molar-refractivity contribution in [2.24, 2.45) is 5.41 Å². The normalized spacial score (nSPS) is 11.3. The van der Waals surface area contributed by atoms with Gasteiger partial charge in [0.05, 0.1) is 0 Å². The summed E-state index contributed by atoms with van der Waals surface area (Å²) in [6.45, 7) is 7.81. The molecule has 1 amide bonds. The number of carbonyl (C=O) groups is 1. The first-order valence-corrected chi connectivity index (χ1v) is 6.09. The van der Waals surface area contributed by atoms with Crippen LogP contribution in [-0.4, -0.2) is 10.9 Å². The molecular formula is C12H17BrN2O. The van der Waals surface area contributed by atoms with Gasteiger partial charge in [-0.3, -0.25) is 4.79 Å². The molecule has 0 spiro atoms. The van der Waals surface area contributed by atoms with Crippen LogP contribution in [0, 0.1) is 12.3 Å². The summed E-state index contributed by atoms with van der Waals surface area (Å²) in [6.07, 6.45) is 2.50. The van der Waals surface area contributed by atoms with Crippen LogP contribution in [0.15, 0.2) is 16.7 Å². The van der Waals surface area contributed by atoms with E-state index in [4.69, 9.17) is 0 Å². The molecule has 1 aromatic rings. The van der Waals surface area contributed by atoms with Crippen LogP contribution in [0.1, 0.15) is 32.8 Å². The first-order chi connectivity index (χ1) is 7.36. The van der Waals surface area contributed by atoms with Crippen molar-refractivity contribution >= 4 is 27.7 Å². The smallest absolute Gasteiger partial charge is 0.231 e. The van der Waals surface area contributed by atoms with Crippen LogP contribution in [0.4, 0.5) is 5.82 Å². The van der Waals surface area contributed by atoms with Gasteiger partial charge in [0.25, 0.3) is 0 Å². The number of rotatable bonds is 3. The molecule has 1 heterocycles. The summed E-state index contributed by atoms with van der Waals surface area (Å²) in [5.41, 5.74) is 0.697. The molecule has 0 aromatic carbocycles. The molecule has 0 fully saturated rings. The maximum absolute atomic E-state index is 11.9. The van der Waals surface area contributed by atoms with Crippen LogP contribution < -0.4 is 5.32 Å². The van der Waals surface area contributed by atoms with Gasteiger partial charge in [0.1, 0.15) is 5.82 Å². The van der Waals surface area contributed by atoms with Gasteiger partial charge in [0, 0.05) is 16.1 Å². The van der Waals surface area contributed by atoms with Gasteiger partial charge in [-0.2, -0.15) is 0 Å². The minimum absolute atomic E-state index is 0.00391. The topological polar surface area (TPSA) is 42.0 Å². The van der Waals surface area contributed by atoms with E-state index in [0.29, 0.717) is 5.82 Å². The fourth-order valence-corrected chi connectivity index (χ4v) is 1.27. The summed E-state index contributed by atoms with van der Waals surface area (Å²) in [5.74, 6) is 0.608. The number of carbonyl (C=O) groups excluding carboxylic acids is 1. The quantitative estimate of drug-likeness (QED) is 0.923. The molecule has 1 N–H and O–H groups in total. The van der Waals surface area contributed by atoms with E-state index >= 15 is 0 Å². The van der Waals surface area contributed by atoms with Gasteiger partial charge in [0.2, 0.25) is 5.91 Å². The molecule has 0 saturated carbocycles. The molecule has 0 atom stereocenters. The van der Waals surface area contributed by atoms with Crippen molar-refractivity contribution in [2.45, 2.75) is 34.1 Å². The van der Waals surface area contributed by atoms with Crippen molar-refractivity contribution in [2.75, 3.05) is 5.32 Å². The Bertz CT molecular complexity index is 402. The number of amides is 1. The van der Waals surface area contributed by atoms with E-state index in [9.17, 15) is 4.79 Å². The van der Waals surface area contributed by atoms with E-state index in [0.717, 1.165) is 16.5 Å². The Hall–Kier alpha value is -0.900. The van der Waals surface area contributed by atoms with Crippen molar-refractivity contribution in [3.8, 4) is 0 Å². The number of hydrogen-bond acceptors (Lipinski definition) is 2. The van der Waals surface area contributed by atoms with Crippen molar-refractivity contribution in [1.82, 2.24) is 4.98 Å². The molecule has 0 radical (unpaired) electrons. The number of pyridine rings is 1. The van der Waals surface area contributed by atoms with Crippen LogP contribution >= 0.6 is 15.9 Å². The van der Waals surface area contributed by atoms with Gasteiger partial charge < -0.3 is 5.32 Å². The monoisotopic (exact) mass is 284 g/mol. The molecule has 3 nitrogen and oxygen atoms in total. The highest BCUT2D eigenvalue weighted by atomic mass is 79.9. The third-order valence-electron chi connectivity index (χ3n) is 2.79. The molecule has 88 valence electrons. The summed E-state index contributed by atoms with van der Waals surface area (Å²) in [6, 6.07) is 1.85. The van der Waals surface area contributed by atoms with Gasteiger partial charge in [-0.25, -0.2) is 4.98 Å². The highest BCUT2D eigenvalue weighted by Gasteiger charge is 2.25. The minimum Gasteiger partial charge on any atom is -0.310 e. The number of halogens is 1. The summed E-state index contributed by atoms with van der Waals surface area (Å²) in [4.78, 5) is 16.0.